The number of likely N-dealkylation sites (N-methyl/N-ethyl adjacent to an activating group) is 1. The molecule has 0 aliphatic carbocycles. The molecule has 0 rings (SSSR count). The van der Waals surface area contributed by atoms with Crippen LogP contribution in [0.5, 0.6) is 0 Å². The van der Waals surface area contributed by atoms with Crippen LogP contribution in [0.3, 0.4) is 0 Å². The van der Waals surface area contributed by atoms with Gasteiger partial charge in [-0.05, 0) is 83.5 Å². The number of rotatable bonds is 56. The minimum Gasteiger partial charge on any atom is -0.477 e. The van der Waals surface area contributed by atoms with Crippen molar-refractivity contribution >= 4 is 17.9 Å². The van der Waals surface area contributed by atoms with E-state index in [9.17, 15) is 19.5 Å². The molecule has 73 heavy (non-hydrogen) atoms. The van der Waals surface area contributed by atoms with Crippen molar-refractivity contribution in [3.8, 4) is 0 Å². The van der Waals surface area contributed by atoms with Crippen molar-refractivity contribution in [1.29, 1.82) is 0 Å². The molecule has 0 saturated heterocycles. The number of carboxylic acids is 1. The first kappa shape index (κ1) is 70.0. The molecule has 0 aliphatic heterocycles. The fraction of sp³-hybridized carbons (Fsp3) is 0.797. The van der Waals surface area contributed by atoms with Crippen LogP contribution in [0.4, 0.5) is 0 Å². The summed E-state index contributed by atoms with van der Waals surface area (Å²) in [5, 5.41) is 9.71. The van der Waals surface area contributed by atoms with Crippen LogP contribution in [0.1, 0.15) is 271 Å². The highest BCUT2D eigenvalue weighted by Crippen LogP contribution is 2.16. The topological polar surface area (TPSA) is 108 Å². The summed E-state index contributed by atoms with van der Waals surface area (Å²) in [6.45, 7) is 4.87. The van der Waals surface area contributed by atoms with Crippen molar-refractivity contribution in [3.63, 3.8) is 0 Å². The molecule has 2 unspecified atom stereocenters. The van der Waals surface area contributed by atoms with Gasteiger partial charge in [-0.25, -0.2) is 4.79 Å². The van der Waals surface area contributed by atoms with E-state index >= 15 is 0 Å². The predicted octanol–water partition coefficient (Wildman–Crippen LogP) is 18.0. The number of esters is 2. The summed E-state index contributed by atoms with van der Waals surface area (Å²) in [7, 11) is 5.97. The van der Waals surface area contributed by atoms with Crippen molar-refractivity contribution in [2.45, 2.75) is 283 Å². The second-order valence-corrected chi connectivity index (χ2v) is 21.7. The SMILES string of the molecule is CCCCCCC/C=C\C/C=C\C/C=C\CCCCCCCCCCCCCCC(=O)OC(COC(=O)CCCCCCCCCCC/C=C\C/C=C\CCCCCCC)COC(OCC[N+](C)(C)C)C(=O)O. The fourth-order valence-corrected chi connectivity index (χ4v) is 8.52. The van der Waals surface area contributed by atoms with Gasteiger partial charge in [0.15, 0.2) is 6.10 Å². The predicted molar refractivity (Wildman–Crippen MR) is 309 cm³/mol. The smallest absolute Gasteiger partial charge is 0.361 e. The van der Waals surface area contributed by atoms with Gasteiger partial charge < -0.3 is 28.5 Å². The number of carboxylic acid groups (broad SMARTS) is 1. The molecular formula is C64H116NO8+. The molecule has 0 heterocycles. The highest BCUT2D eigenvalue weighted by Gasteiger charge is 2.25. The number of hydrogen-bond acceptors (Lipinski definition) is 7. The Morgan fingerprint density at radius 1 is 0.411 bits per heavy atom. The first-order valence-electron chi connectivity index (χ1n) is 30.5. The molecule has 0 amide bonds. The molecule has 9 heteroatoms. The average Bonchev–Trinajstić information content (AvgIpc) is 3.36. The number of quaternary nitrogens is 1. The number of allylic oxidation sites excluding steroid dienone is 10. The third-order valence-electron chi connectivity index (χ3n) is 13.2. The Morgan fingerprint density at radius 2 is 0.740 bits per heavy atom. The van der Waals surface area contributed by atoms with Crippen LogP contribution in [-0.2, 0) is 33.3 Å². The molecule has 9 nitrogen and oxygen atoms in total. The van der Waals surface area contributed by atoms with Gasteiger partial charge in [-0.2, -0.15) is 0 Å². The molecule has 1 N–H and O–H groups in total. The van der Waals surface area contributed by atoms with Crippen LogP contribution < -0.4 is 0 Å². The summed E-state index contributed by atoms with van der Waals surface area (Å²) >= 11 is 0. The van der Waals surface area contributed by atoms with Crippen molar-refractivity contribution in [2.24, 2.45) is 0 Å². The number of unbranched alkanes of at least 4 members (excludes halogenated alkanes) is 31. The molecule has 0 fully saturated rings. The van der Waals surface area contributed by atoms with Gasteiger partial charge in [0.05, 0.1) is 34.4 Å². The van der Waals surface area contributed by atoms with Gasteiger partial charge in [0.1, 0.15) is 13.2 Å². The van der Waals surface area contributed by atoms with Crippen molar-refractivity contribution < 1.29 is 42.9 Å². The number of aliphatic carboxylic acids is 1. The zero-order chi connectivity index (χ0) is 53.4. The van der Waals surface area contributed by atoms with E-state index in [1.54, 1.807) is 0 Å². The number of carbonyl (C=O) groups is 3. The molecule has 0 spiro atoms. The quantitative estimate of drug-likeness (QED) is 0.0211. The Bertz CT molecular complexity index is 1380. The number of carbonyl (C=O) groups excluding carboxylic acids is 2. The van der Waals surface area contributed by atoms with Crippen LogP contribution in [-0.4, -0.2) is 87.4 Å². The fourth-order valence-electron chi connectivity index (χ4n) is 8.52. The highest BCUT2D eigenvalue weighted by molar-refractivity contribution is 5.71. The van der Waals surface area contributed by atoms with Gasteiger partial charge >= 0.3 is 17.9 Å². The maximum Gasteiger partial charge on any atom is 0.361 e. The van der Waals surface area contributed by atoms with Gasteiger partial charge in [0, 0.05) is 12.8 Å². The number of nitrogens with zero attached hydrogens (tertiary/aromatic N) is 1. The molecule has 2 atom stereocenters. The van der Waals surface area contributed by atoms with Gasteiger partial charge in [-0.1, -0.05) is 235 Å². The molecule has 0 saturated carbocycles. The monoisotopic (exact) mass is 1030 g/mol. The first-order chi connectivity index (χ1) is 35.6. The third-order valence-corrected chi connectivity index (χ3v) is 13.2. The molecule has 0 aromatic heterocycles. The minimum atomic E-state index is -1.51. The molecule has 0 aliphatic rings. The highest BCUT2D eigenvalue weighted by atomic mass is 16.7. The summed E-state index contributed by atoms with van der Waals surface area (Å²) in [4.78, 5) is 37.5. The molecule has 424 valence electrons. The number of ether oxygens (including phenoxy) is 4. The molecule has 0 bridgehead atoms. The van der Waals surface area contributed by atoms with Crippen molar-refractivity contribution in [1.82, 2.24) is 0 Å². The van der Waals surface area contributed by atoms with Crippen LogP contribution in [0.25, 0.3) is 0 Å². The second-order valence-electron chi connectivity index (χ2n) is 21.7. The van der Waals surface area contributed by atoms with E-state index in [0.29, 0.717) is 17.4 Å². The largest absolute Gasteiger partial charge is 0.477 e. The van der Waals surface area contributed by atoms with E-state index in [4.69, 9.17) is 18.9 Å². The van der Waals surface area contributed by atoms with Gasteiger partial charge in [0.25, 0.3) is 6.29 Å². The zero-order valence-electron chi connectivity index (χ0n) is 48.3. The van der Waals surface area contributed by atoms with E-state index in [0.717, 1.165) is 57.8 Å². The lowest BCUT2D eigenvalue weighted by molar-refractivity contribution is -0.870. The Morgan fingerprint density at radius 3 is 1.10 bits per heavy atom. The standard InChI is InChI=1S/C64H115NO8/c1-6-8-10-12-14-16-18-20-22-24-26-28-29-30-31-32-33-35-37-39-41-43-45-47-49-51-53-55-62(67)73-60(59-72-64(63(68)69)70-57-56-65(3,4)5)58-71-61(66)54-52-50-48-46-44-42-40-38-36-34-27-25-23-21-19-17-15-13-11-9-7-2/h18-21,24-27,29-30,60,64H,6-17,22-23,28,31-59H2,1-5H3/p+1/b20-18-,21-19-,26-24-,27-25-,30-29-. The van der Waals surface area contributed by atoms with Gasteiger partial charge in [-0.3, -0.25) is 9.59 Å². The normalized spacial score (nSPS) is 13.2. The molecule has 0 aromatic carbocycles. The van der Waals surface area contributed by atoms with E-state index in [1.165, 1.54) is 186 Å². The van der Waals surface area contributed by atoms with Crippen molar-refractivity contribution in [2.75, 3.05) is 47.5 Å². The van der Waals surface area contributed by atoms with E-state index in [2.05, 4.69) is 74.6 Å². The van der Waals surface area contributed by atoms with Crippen molar-refractivity contribution in [3.05, 3.63) is 60.8 Å². The van der Waals surface area contributed by atoms with Crippen LogP contribution in [0, 0.1) is 0 Å². The van der Waals surface area contributed by atoms with E-state index < -0.39 is 24.3 Å². The minimum absolute atomic E-state index is 0.185. The Kier molecular flexibility index (Phi) is 53.0. The van der Waals surface area contributed by atoms with Crippen LogP contribution >= 0.6 is 0 Å². The van der Waals surface area contributed by atoms with Crippen LogP contribution in [0.2, 0.25) is 0 Å². The molecule has 0 aromatic rings. The van der Waals surface area contributed by atoms with Crippen LogP contribution in [0.15, 0.2) is 60.8 Å². The van der Waals surface area contributed by atoms with Gasteiger partial charge in [0.2, 0.25) is 0 Å². The van der Waals surface area contributed by atoms with E-state index in [-0.39, 0.29) is 32.2 Å². The lowest BCUT2D eigenvalue weighted by Gasteiger charge is -2.25. The Labute approximate surface area is 450 Å². The summed E-state index contributed by atoms with van der Waals surface area (Å²) in [5.41, 5.74) is 0. The van der Waals surface area contributed by atoms with Gasteiger partial charge in [-0.15, -0.1) is 0 Å². The molecule has 0 radical (unpaired) electrons. The third kappa shape index (κ3) is 56.6. The molecular weight excluding hydrogens is 911 g/mol. The number of hydrogen-bond donors (Lipinski definition) is 1. The maximum atomic E-state index is 12.9. The summed E-state index contributed by atoms with van der Waals surface area (Å²) < 4.78 is 22.9. The average molecular weight is 1030 g/mol. The Hall–Kier alpha value is -3.01. The summed E-state index contributed by atoms with van der Waals surface area (Å²) in [6.07, 6.45) is 67.2. The summed E-state index contributed by atoms with van der Waals surface area (Å²) in [6, 6.07) is 0. The van der Waals surface area contributed by atoms with E-state index in [1.807, 2.05) is 21.1 Å². The Balaban J connectivity index is 4.22. The first-order valence-corrected chi connectivity index (χ1v) is 30.5. The summed E-state index contributed by atoms with van der Waals surface area (Å²) in [5.74, 6) is -2.01. The zero-order valence-corrected chi connectivity index (χ0v) is 48.3. The lowest BCUT2D eigenvalue weighted by Crippen LogP contribution is -2.40. The maximum absolute atomic E-state index is 12.9. The second kappa shape index (κ2) is 55.2. The lowest BCUT2D eigenvalue weighted by atomic mass is 10.0.